The summed E-state index contributed by atoms with van der Waals surface area (Å²) >= 11 is 0. The molecule has 124 valence electrons. The van der Waals surface area contributed by atoms with Crippen LogP contribution in [-0.2, 0) is 9.59 Å². The Morgan fingerprint density at radius 1 is 1.12 bits per heavy atom. The predicted molar refractivity (Wildman–Crippen MR) is 94.8 cm³/mol. The van der Waals surface area contributed by atoms with Crippen LogP contribution >= 0.6 is 0 Å². The lowest BCUT2D eigenvalue weighted by atomic mass is 10.0. The summed E-state index contributed by atoms with van der Waals surface area (Å²) in [5, 5.41) is 3.00. The topological polar surface area (TPSA) is 49.4 Å². The van der Waals surface area contributed by atoms with Crippen LogP contribution < -0.4 is 10.2 Å². The van der Waals surface area contributed by atoms with Crippen molar-refractivity contribution >= 4 is 17.5 Å². The molecule has 1 N–H and O–H groups in total. The van der Waals surface area contributed by atoms with Crippen LogP contribution in [0.1, 0.15) is 24.8 Å². The molecule has 2 amide bonds. The van der Waals surface area contributed by atoms with Gasteiger partial charge in [-0.2, -0.15) is 0 Å². The van der Waals surface area contributed by atoms with Gasteiger partial charge in [0.1, 0.15) is 0 Å². The van der Waals surface area contributed by atoms with Crippen LogP contribution in [0.2, 0.25) is 0 Å². The van der Waals surface area contributed by atoms with Crippen LogP contribution in [0.5, 0.6) is 0 Å². The highest BCUT2D eigenvalue weighted by molar-refractivity contribution is 6.00. The molecule has 3 rings (SSSR count). The Morgan fingerprint density at radius 3 is 2.42 bits per heavy atom. The number of rotatable bonds is 5. The molecule has 1 saturated heterocycles. The van der Waals surface area contributed by atoms with Crippen LogP contribution in [0.25, 0.3) is 0 Å². The molecule has 0 spiro atoms. The normalized spacial score (nSPS) is 18.5. The summed E-state index contributed by atoms with van der Waals surface area (Å²) in [4.78, 5) is 26.3. The molecule has 2 aromatic rings. The van der Waals surface area contributed by atoms with Gasteiger partial charge in [-0.15, -0.1) is 0 Å². The van der Waals surface area contributed by atoms with Crippen LogP contribution in [0.4, 0.5) is 5.69 Å². The second kappa shape index (κ2) is 7.30. The minimum Gasteiger partial charge on any atom is -0.355 e. The van der Waals surface area contributed by atoms with Crippen molar-refractivity contribution in [3.63, 3.8) is 0 Å². The molecule has 0 saturated carbocycles. The lowest BCUT2D eigenvalue weighted by molar-refractivity contribution is -0.126. The van der Waals surface area contributed by atoms with Crippen molar-refractivity contribution in [3.8, 4) is 0 Å². The van der Waals surface area contributed by atoms with Gasteiger partial charge >= 0.3 is 0 Å². The maximum atomic E-state index is 12.4. The van der Waals surface area contributed by atoms with Gasteiger partial charge in [0.25, 0.3) is 0 Å². The number of hydrogen-bond acceptors (Lipinski definition) is 2. The first-order valence-electron chi connectivity index (χ1n) is 8.33. The smallest absolute Gasteiger partial charge is 0.227 e. The Kier molecular flexibility index (Phi) is 4.94. The highest BCUT2D eigenvalue weighted by atomic mass is 16.2. The highest BCUT2D eigenvalue weighted by Gasteiger charge is 2.34. The van der Waals surface area contributed by atoms with Gasteiger partial charge in [0.05, 0.1) is 5.92 Å². The molecular weight excluding hydrogens is 300 g/mol. The molecule has 4 nitrogen and oxygen atoms in total. The van der Waals surface area contributed by atoms with Crippen molar-refractivity contribution in [1.82, 2.24) is 5.32 Å². The molecule has 0 unspecified atom stereocenters. The SMILES string of the molecule is C[C@@H](CNC(=O)[C@@H]1CC(=O)N(c2ccccc2)C1)c1ccccc1. The zero-order valence-corrected chi connectivity index (χ0v) is 13.8. The average molecular weight is 322 g/mol. The van der Waals surface area contributed by atoms with Crippen molar-refractivity contribution in [2.24, 2.45) is 5.92 Å². The average Bonchev–Trinajstić information content (AvgIpc) is 3.02. The molecule has 0 bridgehead atoms. The van der Waals surface area contributed by atoms with Crippen LogP contribution in [0, 0.1) is 5.92 Å². The molecule has 0 aromatic heterocycles. The van der Waals surface area contributed by atoms with E-state index in [2.05, 4.69) is 24.4 Å². The van der Waals surface area contributed by atoms with E-state index in [-0.39, 0.29) is 30.1 Å². The van der Waals surface area contributed by atoms with Gasteiger partial charge in [0.15, 0.2) is 0 Å². The highest BCUT2D eigenvalue weighted by Crippen LogP contribution is 2.25. The Balaban J connectivity index is 1.56. The fourth-order valence-corrected chi connectivity index (χ4v) is 3.04. The van der Waals surface area contributed by atoms with E-state index in [4.69, 9.17) is 0 Å². The van der Waals surface area contributed by atoms with Crippen molar-refractivity contribution < 1.29 is 9.59 Å². The number of nitrogens with one attached hydrogen (secondary N) is 1. The summed E-state index contributed by atoms with van der Waals surface area (Å²) in [5.74, 6) is -0.0554. The van der Waals surface area contributed by atoms with E-state index >= 15 is 0 Å². The second-order valence-electron chi connectivity index (χ2n) is 6.30. The van der Waals surface area contributed by atoms with Crippen LogP contribution in [-0.4, -0.2) is 24.9 Å². The number of amides is 2. The Hall–Kier alpha value is -2.62. The largest absolute Gasteiger partial charge is 0.355 e. The lowest BCUT2D eigenvalue weighted by Crippen LogP contribution is -2.35. The summed E-state index contributed by atoms with van der Waals surface area (Å²) in [5.41, 5.74) is 2.06. The fraction of sp³-hybridized carbons (Fsp3) is 0.300. The fourth-order valence-electron chi connectivity index (χ4n) is 3.04. The zero-order valence-electron chi connectivity index (χ0n) is 13.8. The van der Waals surface area contributed by atoms with E-state index in [1.165, 1.54) is 5.56 Å². The maximum absolute atomic E-state index is 12.4. The maximum Gasteiger partial charge on any atom is 0.227 e. The van der Waals surface area contributed by atoms with Gasteiger partial charge < -0.3 is 10.2 Å². The quantitative estimate of drug-likeness (QED) is 0.920. The Morgan fingerprint density at radius 2 is 1.75 bits per heavy atom. The van der Waals surface area contributed by atoms with Crippen LogP contribution in [0.15, 0.2) is 60.7 Å². The first-order chi connectivity index (χ1) is 11.6. The monoisotopic (exact) mass is 322 g/mol. The van der Waals surface area contributed by atoms with Crippen LogP contribution in [0.3, 0.4) is 0 Å². The van der Waals surface area contributed by atoms with Gasteiger partial charge in [-0.25, -0.2) is 0 Å². The summed E-state index contributed by atoms with van der Waals surface area (Å²) in [6.07, 6.45) is 0.278. The minimum atomic E-state index is -0.277. The number of anilines is 1. The van der Waals surface area contributed by atoms with Gasteiger partial charge in [-0.1, -0.05) is 55.5 Å². The zero-order chi connectivity index (χ0) is 16.9. The Labute approximate surface area is 142 Å². The standard InChI is InChI=1S/C20H22N2O2/c1-15(16-8-4-2-5-9-16)13-21-20(24)17-12-19(23)22(14-17)18-10-6-3-7-11-18/h2-11,15,17H,12-14H2,1H3,(H,21,24)/t15-,17+/m0/s1. The number of benzene rings is 2. The van der Waals surface area contributed by atoms with E-state index in [9.17, 15) is 9.59 Å². The summed E-state index contributed by atoms with van der Waals surface area (Å²) < 4.78 is 0. The molecule has 4 heteroatoms. The summed E-state index contributed by atoms with van der Waals surface area (Å²) in [7, 11) is 0. The molecule has 1 aliphatic rings. The van der Waals surface area contributed by atoms with E-state index in [1.54, 1.807) is 4.90 Å². The molecule has 1 heterocycles. The van der Waals surface area contributed by atoms with Gasteiger partial charge in [-0.3, -0.25) is 9.59 Å². The molecule has 1 aliphatic heterocycles. The van der Waals surface area contributed by atoms with E-state index in [0.29, 0.717) is 13.1 Å². The number of carbonyl (C=O) groups excluding carboxylic acids is 2. The van der Waals surface area contributed by atoms with Crippen molar-refractivity contribution in [3.05, 3.63) is 66.2 Å². The molecule has 0 aliphatic carbocycles. The molecular formula is C20H22N2O2. The molecule has 2 aromatic carbocycles. The first kappa shape index (κ1) is 16.2. The predicted octanol–water partition coefficient (Wildman–Crippen LogP) is 2.96. The lowest BCUT2D eigenvalue weighted by Gasteiger charge is -2.17. The molecule has 1 fully saturated rings. The third-order valence-electron chi connectivity index (χ3n) is 4.51. The third kappa shape index (κ3) is 3.65. The van der Waals surface area contributed by atoms with Crippen molar-refractivity contribution in [1.29, 1.82) is 0 Å². The Bertz CT molecular complexity index is 700. The van der Waals surface area contributed by atoms with Crippen molar-refractivity contribution in [2.45, 2.75) is 19.3 Å². The van der Waals surface area contributed by atoms with E-state index in [0.717, 1.165) is 5.69 Å². The van der Waals surface area contributed by atoms with E-state index in [1.807, 2.05) is 48.5 Å². The number of nitrogens with zero attached hydrogens (tertiary/aromatic N) is 1. The summed E-state index contributed by atoms with van der Waals surface area (Å²) in [6, 6.07) is 19.6. The molecule has 24 heavy (non-hydrogen) atoms. The van der Waals surface area contributed by atoms with Gasteiger partial charge in [0, 0.05) is 25.2 Å². The van der Waals surface area contributed by atoms with Crippen molar-refractivity contribution in [2.75, 3.05) is 18.0 Å². The molecule has 2 atom stereocenters. The number of carbonyl (C=O) groups is 2. The number of para-hydroxylation sites is 1. The first-order valence-corrected chi connectivity index (χ1v) is 8.33. The molecule has 0 radical (unpaired) electrons. The third-order valence-corrected chi connectivity index (χ3v) is 4.51. The van der Waals surface area contributed by atoms with E-state index < -0.39 is 0 Å². The summed E-state index contributed by atoms with van der Waals surface area (Å²) in [6.45, 7) is 3.12. The second-order valence-corrected chi connectivity index (χ2v) is 6.30. The van der Waals surface area contributed by atoms with Gasteiger partial charge in [-0.05, 0) is 23.6 Å². The number of hydrogen-bond donors (Lipinski definition) is 1. The minimum absolute atomic E-state index is 0.0115. The van der Waals surface area contributed by atoms with Gasteiger partial charge in [0.2, 0.25) is 11.8 Å².